The number of nitriles is 1. The van der Waals surface area contributed by atoms with Gasteiger partial charge in [0.05, 0.1) is 11.6 Å². The molecule has 1 fully saturated rings. The Morgan fingerprint density at radius 3 is 1.89 bits per heavy atom. The Bertz CT molecular complexity index is 1070. The topological polar surface area (TPSA) is 49.6 Å². The molecule has 0 amide bonds. The summed E-state index contributed by atoms with van der Waals surface area (Å²) in [5.74, 6) is 2.35. The zero-order chi connectivity index (χ0) is 25.0. The second-order valence-corrected chi connectivity index (χ2v) is 10.6. The Kier molecular flexibility index (Phi) is 10.1. The molecule has 3 heteroatoms. The number of hydrogen-bond acceptors (Lipinski definition) is 3. The molecule has 0 unspecified atom stereocenters. The minimum atomic E-state index is 0.646. The Labute approximate surface area is 218 Å². The van der Waals surface area contributed by atoms with Crippen molar-refractivity contribution in [2.75, 3.05) is 0 Å². The van der Waals surface area contributed by atoms with E-state index in [0.717, 1.165) is 22.6 Å². The van der Waals surface area contributed by atoms with E-state index >= 15 is 0 Å². The molecule has 1 aliphatic rings. The molecule has 0 bridgehead atoms. The van der Waals surface area contributed by atoms with E-state index in [0.29, 0.717) is 17.3 Å². The highest BCUT2D eigenvalue weighted by molar-refractivity contribution is 5.64. The highest BCUT2D eigenvalue weighted by atomic mass is 14.9. The average Bonchev–Trinajstić information content (AvgIpc) is 2.95. The van der Waals surface area contributed by atoms with E-state index in [1.54, 1.807) is 12.1 Å². The van der Waals surface area contributed by atoms with Crippen LogP contribution in [0, 0.1) is 17.2 Å². The molecule has 0 aliphatic heterocycles. The van der Waals surface area contributed by atoms with Crippen molar-refractivity contribution in [2.24, 2.45) is 5.92 Å². The van der Waals surface area contributed by atoms with E-state index in [2.05, 4.69) is 47.2 Å². The molecule has 1 aliphatic carbocycles. The van der Waals surface area contributed by atoms with Gasteiger partial charge in [0.1, 0.15) is 0 Å². The number of nitrogens with zero attached hydrogens (tertiary/aromatic N) is 3. The Morgan fingerprint density at radius 2 is 1.28 bits per heavy atom. The molecule has 1 heterocycles. The predicted molar refractivity (Wildman–Crippen MR) is 150 cm³/mol. The van der Waals surface area contributed by atoms with Gasteiger partial charge in [0.25, 0.3) is 0 Å². The zero-order valence-corrected chi connectivity index (χ0v) is 22.0. The minimum absolute atomic E-state index is 0.646. The summed E-state index contributed by atoms with van der Waals surface area (Å²) in [6.07, 6.45) is 22.1. The van der Waals surface area contributed by atoms with Crippen LogP contribution in [0.2, 0.25) is 0 Å². The third-order valence-electron chi connectivity index (χ3n) is 7.95. The van der Waals surface area contributed by atoms with E-state index in [9.17, 15) is 0 Å². The van der Waals surface area contributed by atoms with Crippen LogP contribution < -0.4 is 0 Å². The molecule has 0 spiro atoms. The van der Waals surface area contributed by atoms with Gasteiger partial charge in [-0.05, 0) is 72.9 Å². The van der Waals surface area contributed by atoms with E-state index in [4.69, 9.17) is 5.26 Å². The van der Waals surface area contributed by atoms with Crippen LogP contribution in [-0.2, 0) is 0 Å². The lowest BCUT2D eigenvalue weighted by Gasteiger charge is -2.29. The second-order valence-electron chi connectivity index (χ2n) is 10.6. The summed E-state index contributed by atoms with van der Waals surface area (Å²) < 4.78 is 0. The minimum Gasteiger partial charge on any atom is -0.236 e. The first-order chi connectivity index (χ1) is 17.8. The Hall–Kier alpha value is -2.99. The van der Waals surface area contributed by atoms with Gasteiger partial charge in [-0.25, -0.2) is 9.97 Å². The molecule has 0 atom stereocenters. The second kappa shape index (κ2) is 13.9. The summed E-state index contributed by atoms with van der Waals surface area (Å²) in [6, 6.07) is 18.6. The molecule has 3 aromatic rings. The van der Waals surface area contributed by atoms with Crippen LogP contribution in [0.3, 0.4) is 0 Å². The van der Waals surface area contributed by atoms with Crippen LogP contribution in [-0.4, -0.2) is 9.97 Å². The molecular formula is C33H41N3. The van der Waals surface area contributed by atoms with Crippen molar-refractivity contribution in [3.05, 3.63) is 72.1 Å². The first-order valence-corrected chi connectivity index (χ1v) is 14.2. The van der Waals surface area contributed by atoms with Crippen LogP contribution >= 0.6 is 0 Å². The van der Waals surface area contributed by atoms with Gasteiger partial charge in [0.2, 0.25) is 0 Å². The van der Waals surface area contributed by atoms with Crippen molar-refractivity contribution in [1.82, 2.24) is 9.97 Å². The third-order valence-corrected chi connectivity index (χ3v) is 7.95. The zero-order valence-electron chi connectivity index (χ0n) is 22.0. The van der Waals surface area contributed by atoms with Crippen molar-refractivity contribution in [3.63, 3.8) is 0 Å². The van der Waals surface area contributed by atoms with Crippen molar-refractivity contribution in [2.45, 2.75) is 96.3 Å². The number of aromatic nitrogens is 2. The first-order valence-electron chi connectivity index (χ1n) is 14.2. The van der Waals surface area contributed by atoms with Crippen molar-refractivity contribution in [3.8, 4) is 28.6 Å². The summed E-state index contributed by atoms with van der Waals surface area (Å²) in [4.78, 5) is 9.12. The lowest BCUT2D eigenvalue weighted by molar-refractivity contribution is 0.302. The smallest absolute Gasteiger partial charge is 0.159 e. The summed E-state index contributed by atoms with van der Waals surface area (Å²) in [6.45, 7) is 2.29. The van der Waals surface area contributed by atoms with Crippen LogP contribution in [0.4, 0.5) is 0 Å². The predicted octanol–water partition coefficient (Wildman–Crippen LogP) is 9.49. The molecule has 2 aromatic carbocycles. The van der Waals surface area contributed by atoms with Gasteiger partial charge in [-0.3, -0.25) is 0 Å². The average molecular weight is 480 g/mol. The van der Waals surface area contributed by atoms with Crippen LogP contribution in [0.25, 0.3) is 22.5 Å². The molecule has 0 N–H and O–H groups in total. The molecule has 36 heavy (non-hydrogen) atoms. The Balaban J connectivity index is 1.21. The molecular weight excluding hydrogens is 438 g/mol. The largest absolute Gasteiger partial charge is 0.236 e. The summed E-state index contributed by atoms with van der Waals surface area (Å²) in [5.41, 5.74) is 5.25. The fourth-order valence-electron chi connectivity index (χ4n) is 5.62. The molecule has 1 saturated carbocycles. The number of unbranched alkanes of at least 4 members (excludes halogenated alkanes) is 7. The van der Waals surface area contributed by atoms with Gasteiger partial charge in [0, 0.05) is 23.5 Å². The Morgan fingerprint density at radius 1 is 0.694 bits per heavy atom. The van der Waals surface area contributed by atoms with Gasteiger partial charge in [-0.15, -0.1) is 0 Å². The van der Waals surface area contributed by atoms with Crippen LogP contribution in [0.1, 0.15) is 107 Å². The third kappa shape index (κ3) is 7.50. The molecule has 4 rings (SSSR count). The highest BCUT2D eigenvalue weighted by Crippen LogP contribution is 2.38. The van der Waals surface area contributed by atoms with Crippen LogP contribution in [0.15, 0.2) is 60.9 Å². The van der Waals surface area contributed by atoms with Gasteiger partial charge in [-0.1, -0.05) is 89.0 Å². The van der Waals surface area contributed by atoms with Gasteiger partial charge < -0.3 is 0 Å². The first kappa shape index (κ1) is 26.1. The molecule has 0 saturated heterocycles. The van der Waals surface area contributed by atoms with E-state index < -0.39 is 0 Å². The standard InChI is InChI=1S/C33H41N3/c1-2-3-4-5-6-7-8-9-10-26-11-15-28(16-12-26)29-19-21-30(22-20-29)32-24-35-33(36-25-32)31-17-13-27(23-34)14-18-31/h13-14,17-22,24-26,28H,2-12,15-16H2,1H3. The van der Waals surface area contributed by atoms with Crippen molar-refractivity contribution in [1.29, 1.82) is 5.26 Å². The van der Waals surface area contributed by atoms with Gasteiger partial charge in [-0.2, -0.15) is 5.26 Å². The van der Waals surface area contributed by atoms with Crippen molar-refractivity contribution < 1.29 is 0 Å². The fourth-order valence-corrected chi connectivity index (χ4v) is 5.62. The summed E-state index contributed by atoms with van der Waals surface area (Å²) >= 11 is 0. The maximum atomic E-state index is 8.97. The van der Waals surface area contributed by atoms with E-state index in [1.807, 2.05) is 24.5 Å². The highest BCUT2D eigenvalue weighted by Gasteiger charge is 2.22. The maximum Gasteiger partial charge on any atom is 0.159 e. The summed E-state index contributed by atoms with van der Waals surface area (Å²) in [7, 11) is 0. The van der Waals surface area contributed by atoms with E-state index in [-0.39, 0.29) is 0 Å². The SMILES string of the molecule is CCCCCCCCCCC1CCC(c2ccc(-c3cnc(-c4ccc(C#N)cc4)nc3)cc2)CC1. The quantitative estimate of drug-likeness (QED) is 0.243. The maximum absolute atomic E-state index is 8.97. The molecule has 188 valence electrons. The summed E-state index contributed by atoms with van der Waals surface area (Å²) in [5, 5.41) is 8.97. The molecule has 1 aromatic heterocycles. The lowest BCUT2D eigenvalue weighted by Crippen LogP contribution is -2.13. The number of benzene rings is 2. The molecule has 0 radical (unpaired) electrons. The monoisotopic (exact) mass is 479 g/mol. The normalized spacial score (nSPS) is 17.6. The van der Waals surface area contributed by atoms with Crippen LogP contribution in [0.5, 0.6) is 0 Å². The number of hydrogen-bond donors (Lipinski definition) is 0. The van der Waals surface area contributed by atoms with Gasteiger partial charge in [0.15, 0.2) is 5.82 Å². The van der Waals surface area contributed by atoms with Crippen molar-refractivity contribution >= 4 is 0 Å². The van der Waals surface area contributed by atoms with Gasteiger partial charge >= 0.3 is 0 Å². The van der Waals surface area contributed by atoms with E-state index in [1.165, 1.54) is 89.0 Å². The lowest BCUT2D eigenvalue weighted by atomic mass is 9.77. The molecule has 3 nitrogen and oxygen atoms in total. The number of rotatable bonds is 12. The fraction of sp³-hybridized carbons (Fsp3) is 0.485.